The van der Waals surface area contributed by atoms with Gasteiger partial charge in [0.15, 0.2) is 0 Å². The lowest BCUT2D eigenvalue weighted by Gasteiger charge is -2.42. The summed E-state index contributed by atoms with van der Waals surface area (Å²) in [5.41, 5.74) is 6.20. The molecule has 4 N–H and O–H groups in total. The first-order valence-electron chi connectivity index (χ1n) is 14.3. The number of ether oxygens (including phenoxy) is 2. The normalized spacial score (nSPS) is 21.7. The van der Waals surface area contributed by atoms with Gasteiger partial charge in [-0.15, -0.1) is 0 Å². The molecule has 5 heterocycles. The van der Waals surface area contributed by atoms with Crippen molar-refractivity contribution in [3.8, 4) is 11.3 Å². The maximum atomic E-state index is 15.4. The number of alkyl halides is 1. The molecule has 3 unspecified atom stereocenters. The van der Waals surface area contributed by atoms with Crippen molar-refractivity contribution in [3.63, 3.8) is 0 Å². The summed E-state index contributed by atoms with van der Waals surface area (Å²) >= 11 is 0. The Kier molecular flexibility index (Phi) is 8.03. The Bertz CT molecular complexity index is 1640. The number of rotatable bonds is 6. The molecule has 232 valence electrons. The molecule has 14 heteroatoms. The van der Waals surface area contributed by atoms with Crippen LogP contribution in [0.25, 0.3) is 16.8 Å². The minimum Gasteiger partial charge on any atom is -0.453 e. The Hall–Kier alpha value is -4.43. The third-order valence-electron chi connectivity index (χ3n) is 8.35. The number of methoxy groups -OCH3 is 1. The van der Waals surface area contributed by atoms with E-state index in [0.717, 1.165) is 17.8 Å². The Balaban J connectivity index is 1.28. The number of alkyl carbamates (subject to hydrolysis) is 1. The van der Waals surface area contributed by atoms with Crippen LogP contribution in [0, 0.1) is 17.6 Å². The van der Waals surface area contributed by atoms with Gasteiger partial charge in [0.2, 0.25) is 5.95 Å². The number of amides is 1. The van der Waals surface area contributed by atoms with Crippen LogP contribution in [-0.2, 0) is 15.1 Å². The molecule has 2 saturated heterocycles. The van der Waals surface area contributed by atoms with Gasteiger partial charge in [-0.3, -0.25) is 4.98 Å². The maximum Gasteiger partial charge on any atom is 0.407 e. The summed E-state index contributed by atoms with van der Waals surface area (Å²) in [5, 5.41) is 10.6. The second-order valence-electron chi connectivity index (χ2n) is 11.3. The number of hydrogen-bond acceptors (Lipinski definition) is 9. The smallest absolute Gasteiger partial charge is 0.407 e. The Morgan fingerprint density at radius 2 is 1.89 bits per heavy atom. The number of pyridine rings is 1. The number of nitrogens with one attached hydrogen (secondary N) is 2. The first kappa shape index (κ1) is 29.6. The van der Waals surface area contributed by atoms with Crippen molar-refractivity contribution in [1.82, 2.24) is 24.9 Å². The number of halogens is 3. The zero-order chi connectivity index (χ0) is 31.0. The molecule has 3 atom stereocenters. The van der Waals surface area contributed by atoms with Crippen molar-refractivity contribution in [2.24, 2.45) is 11.7 Å². The Morgan fingerprint density at radius 3 is 2.59 bits per heavy atom. The van der Waals surface area contributed by atoms with Gasteiger partial charge in [-0.2, -0.15) is 9.61 Å². The number of nitrogens with zero attached hydrogens (tertiary/aromatic N) is 5. The molecule has 6 rings (SSSR count). The largest absolute Gasteiger partial charge is 0.453 e. The zero-order valence-corrected chi connectivity index (χ0v) is 24.3. The minimum atomic E-state index is -1.85. The van der Waals surface area contributed by atoms with E-state index < -0.39 is 23.4 Å². The van der Waals surface area contributed by atoms with E-state index in [-0.39, 0.29) is 66.8 Å². The van der Waals surface area contributed by atoms with Crippen molar-refractivity contribution in [2.45, 2.75) is 37.5 Å². The van der Waals surface area contributed by atoms with Gasteiger partial charge < -0.3 is 30.7 Å². The molecule has 2 fully saturated rings. The molecule has 3 aromatic heterocycles. The average molecular weight is 611 g/mol. The van der Waals surface area contributed by atoms with Crippen LogP contribution in [-0.4, -0.2) is 71.2 Å². The van der Waals surface area contributed by atoms with E-state index >= 15 is 13.2 Å². The van der Waals surface area contributed by atoms with Crippen molar-refractivity contribution >= 4 is 28.9 Å². The van der Waals surface area contributed by atoms with Crippen LogP contribution in [0.2, 0.25) is 0 Å². The number of imidazole rings is 1. The van der Waals surface area contributed by atoms with Gasteiger partial charge in [-0.1, -0.05) is 6.92 Å². The number of hydrogen-bond donors (Lipinski definition) is 3. The number of fused-ring (bicyclic) bond motifs is 1. The minimum absolute atomic E-state index is 0.00486. The lowest BCUT2D eigenvalue weighted by molar-refractivity contribution is -0.0117. The van der Waals surface area contributed by atoms with Crippen LogP contribution < -0.4 is 21.3 Å². The van der Waals surface area contributed by atoms with Gasteiger partial charge in [-0.05, 0) is 41.8 Å². The van der Waals surface area contributed by atoms with Crippen LogP contribution in [0.3, 0.4) is 0 Å². The van der Waals surface area contributed by atoms with Gasteiger partial charge >= 0.3 is 6.09 Å². The molecule has 1 aromatic carbocycles. The van der Waals surface area contributed by atoms with Crippen LogP contribution in [0.1, 0.15) is 25.3 Å². The summed E-state index contributed by atoms with van der Waals surface area (Å²) in [7, 11) is 1.31. The predicted octanol–water partition coefficient (Wildman–Crippen LogP) is 4.30. The van der Waals surface area contributed by atoms with E-state index in [9.17, 15) is 4.79 Å². The molecule has 0 saturated carbocycles. The Morgan fingerprint density at radius 1 is 1.14 bits per heavy atom. The second-order valence-corrected chi connectivity index (χ2v) is 11.3. The number of benzene rings is 1. The lowest BCUT2D eigenvalue weighted by Crippen LogP contribution is -2.62. The standard InChI is InChI=1S/C30H33F3N8O3/c1-17-15-40(16-22(34)27(17)38-29(42)43-2)25-5-8-35-14-24(25)37-28-36-13-19-3-4-23(39-41(19)28)26-20(31)11-18(12-21(26)32)30(33)6-9-44-10-7-30/h3-5,8,11-14,17,22,27H,6-7,9-10,15-16,34H2,1-2H3,(H,36,37)(H,38,42). The molecule has 0 radical (unpaired) electrons. The fraction of sp³-hybridized carbons (Fsp3) is 0.400. The van der Waals surface area contributed by atoms with Crippen LogP contribution in [0.5, 0.6) is 0 Å². The van der Waals surface area contributed by atoms with Crippen molar-refractivity contribution < 1.29 is 27.4 Å². The first-order chi connectivity index (χ1) is 21.2. The third-order valence-corrected chi connectivity index (χ3v) is 8.35. The number of anilines is 3. The summed E-state index contributed by atoms with van der Waals surface area (Å²) in [6.07, 6.45) is 4.40. The van der Waals surface area contributed by atoms with Crippen molar-refractivity contribution in [1.29, 1.82) is 0 Å². The molecule has 2 aliphatic rings. The van der Waals surface area contributed by atoms with Gasteiger partial charge in [0.25, 0.3) is 0 Å². The lowest BCUT2D eigenvalue weighted by atomic mass is 9.87. The molecule has 2 aliphatic heterocycles. The number of aromatic nitrogens is 4. The second kappa shape index (κ2) is 11.9. The van der Waals surface area contributed by atoms with Crippen molar-refractivity contribution in [2.75, 3.05) is 43.6 Å². The molecule has 4 aromatic rings. The monoisotopic (exact) mass is 610 g/mol. The highest BCUT2D eigenvalue weighted by Gasteiger charge is 2.36. The molecule has 44 heavy (non-hydrogen) atoms. The highest BCUT2D eigenvalue weighted by Crippen LogP contribution is 2.39. The predicted molar refractivity (Wildman–Crippen MR) is 157 cm³/mol. The molecular formula is C30H33F3N8O3. The highest BCUT2D eigenvalue weighted by molar-refractivity contribution is 5.74. The average Bonchev–Trinajstić information content (AvgIpc) is 3.41. The molecule has 0 bridgehead atoms. The third kappa shape index (κ3) is 5.62. The summed E-state index contributed by atoms with van der Waals surface area (Å²) < 4.78 is 57.6. The summed E-state index contributed by atoms with van der Waals surface area (Å²) in [6, 6.07) is 6.43. The molecule has 1 amide bonds. The zero-order valence-electron chi connectivity index (χ0n) is 24.3. The van der Waals surface area contributed by atoms with E-state index in [0.29, 0.717) is 24.3 Å². The van der Waals surface area contributed by atoms with Gasteiger partial charge in [0, 0.05) is 51.4 Å². The van der Waals surface area contributed by atoms with Gasteiger partial charge in [0.1, 0.15) is 17.3 Å². The molecular weight excluding hydrogens is 577 g/mol. The highest BCUT2D eigenvalue weighted by atomic mass is 19.1. The van der Waals surface area contributed by atoms with E-state index in [1.807, 2.05) is 13.0 Å². The fourth-order valence-corrected chi connectivity index (χ4v) is 6.01. The Labute approximate surface area is 251 Å². The number of carbonyl (C=O) groups excluding carboxylic acids is 1. The molecule has 0 aliphatic carbocycles. The SMILES string of the molecule is COC(=O)NC1C(C)CN(c2ccncc2Nc2ncc3ccc(-c4c(F)cc(C5(F)CCOCC5)cc4F)nn23)CC1N. The summed E-state index contributed by atoms with van der Waals surface area (Å²) in [5.74, 6) is -1.52. The first-order valence-corrected chi connectivity index (χ1v) is 14.3. The quantitative estimate of drug-likeness (QED) is 0.293. The van der Waals surface area contributed by atoms with Gasteiger partial charge in [0.05, 0.1) is 53.7 Å². The maximum absolute atomic E-state index is 15.4. The van der Waals surface area contributed by atoms with E-state index in [4.69, 9.17) is 15.2 Å². The summed E-state index contributed by atoms with van der Waals surface area (Å²) in [4.78, 5) is 22.6. The number of carbonyl (C=O) groups is 1. The number of piperidine rings is 1. The van der Waals surface area contributed by atoms with Crippen molar-refractivity contribution in [3.05, 3.63) is 66.1 Å². The van der Waals surface area contributed by atoms with E-state index in [2.05, 4.69) is 30.6 Å². The van der Waals surface area contributed by atoms with Gasteiger partial charge in [-0.25, -0.2) is 22.9 Å². The van der Waals surface area contributed by atoms with Crippen LogP contribution >= 0.6 is 0 Å². The number of nitrogens with two attached hydrogens (primary N) is 1. The fourth-order valence-electron chi connectivity index (χ4n) is 6.01. The summed E-state index contributed by atoms with van der Waals surface area (Å²) in [6.45, 7) is 3.41. The van der Waals surface area contributed by atoms with Crippen LogP contribution in [0.15, 0.2) is 48.9 Å². The molecule has 0 spiro atoms. The topological polar surface area (TPSA) is 132 Å². The van der Waals surface area contributed by atoms with E-state index in [1.54, 1.807) is 24.7 Å². The molecule has 11 nitrogen and oxygen atoms in total. The van der Waals surface area contributed by atoms with E-state index in [1.165, 1.54) is 17.7 Å². The van der Waals surface area contributed by atoms with Crippen LogP contribution in [0.4, 0.5) is 35.3 Å².